The topological polar surface area (TPSA) is 64.6 Å². The van der Waals surface area contributed by atoms with Gasteiger partial charge in [0.15, 0.2) is 0 Å². The molecule has 0 aliphatic rings. The van der Waals surface area contributed by atoms with Crippen molar-refractivity contribution in [2.75, 3.05) is 97.8 Å². The van der Waals surface area contributed by atoms with Crippen LogP contribution in [0.1, 0.15) is 0 Å². The van der Waals surface area contributed by atoms with Gasteiger partial charge < -0.3 is 33.2 Å². The van der Waals surface area contributed by atoms with E-state index in [4.69, 9.17) is 28.4 Å². The molecular formula is C16H30BrF3O7. The van der Waals surface area contributed by atoms with E-state index in [9.17, 15) is 13.2 Å². The van der Waals surface area contributed by atoms with Crippen LogP contribution in [0.5, 0.6) is 0 Å². The fraction of sp³-hybridized carbons (Fsp3) is 1.00. The van der Waals surface area contributed by atoms with E-state index in [1.165, 1.54) is 0 Å². The third-order valence-electron chi connectivity index (χ3n) is 2.72. The number of ether oxygens (including phenoxy) is 7. The van der Waals surface area contributed by atoms with Crippen molar-refractivity contribution in [3.63, 3.8) is 0 Å². The molecule has 164 valence electrons. The number of halogens is 4. The van der Waals surface area contributed by atoms with Crippen molar-refractivity contribution in [1.82, 2.24) is 0 Å². The van der Waals surface area contributed by atoms with Gasteiger partial charge in [0.25, 0.3) is 0 Å². The molecule has 0 radical (unpaired) electrons. The molecule has 0 atom stereocenters. The number of rotatable bonds is 21. The van der Waals surface area contributed by atoms with Crippen molar-refractivity contribution in [3.05, 3.63) is 0 Å². The second-order valence-electron chi connectivity index (χ2n) is 5.03. The van der Waals surface area contributed by atoms with Gasteiger partial charge >= 0.3 is 6.18 Å². The highest BCUT2D eigenvalue weighted by molar-refractivity contribution is 9.09. The van der Waals surface area contributed by atoms with Gasteiger partial charge in [-0.2, -0.15) is 13.2 Å². The Morgan fingerprint density at radius 2 is 0.704 bits per heavy atom. The standard InChI is InChI=1S/C16H30BrF3O7/c17-1-2-21-3-4-22-5-6-23-7-8-24-9-10-25-11-12-26-13-14-27-15-16(18,19)20/h1-15H2. The maximum absolute atomic E-state index is 11.8. The Bertz CT molecular complexity index is 300. The first-order valence-corrected chi connectivity index (χ1v) is 9.85. The Hall–Kier alpha value is -0.01000. The second-order valence-corrected chi connectivity index (χ2v) is 5.82. The first-order valence-electron chi connectivity index (χ1n) is 8.73. The lowest BCUT2D eigenvalue weighted by Crippen LogP contribution is -2.19. The van der Waals surface area contributed by atoms with Crippen LogP contribution in [0.15, 0.2) is 0 Å². The van der Waals surface area contributed by atoms with Gasteiger partial charge in [0.05, 0.1) is 85.9 Å². The molecule has 0 bridgehead atoms. The first-order chi connectivity index (χ1) is 13.1. The first kappa shape index (κ1) is 27.0. The van der Waals surface area contributed by atoms with Crippen molar-refractivity contribution in [2.24, 2.45) is 0 Å². The van der Waals surface area contributed by atoms with Crippen LogP contribution in [0.4, 0.5) is 13.2 Å². The summed E-state index contributed by atoms with van der Waals surface area (Å²) in [5.74, 6) is 0. The smallest absolute Gasteiger partial charge is 0.378 e. The molecule has 0 heterocycles. The minimum absolute atomic E-state index is 0.0981. The molecular weight excluding hydrogens is 441 g/mol. The predicted molar refractivity (Wildman–Crippen MR) is 95.6 cm³/mol. The molecule has 27 heavy (non-hydrogen) atoms. The van der Waals surface area contributed by atoms with Gasteiger partial charge in [-0.3, -0.25) is 0 Å². The average Bonchev–Trinajstić information content (AvgIpc) is 2.62. The molecule has 0 aliphatic carbocycles. The van der Waals surface area contributed by atoms with Crippen LogP contribution in [0.3, 0.4) is 0 Å². The molecule has 0 saturated carbocycles. The summed E-state index contributed by atoms with van der Waals surface area (Å²) in [5, 5.41) is 0.818. The van der Waals surface area contributed by atoms with E-state index >= 15 is 0 Å². The summed E-state index contributed by atoms with van der Waals surface area (Å²) in [7, 11) is 0. The second kappa shape index (κ2) is 20.7. The highest BCUT2D eigenvalue weighted by Gasteiger charge is 2.27. The van der Waals surface area contributed by atoms with Crippen molar-refractivity contribution < 1.29 is 46.3 Å². The summed E-state index contributed by atoms with van der Waals surface area (Å²) in [4.78, 5) is 0. The maximum atomic E-state index is 11.8. The van der Waals surface area contributed by atoms with Gasteiger partial charge in [-0.25, -0.2) is 0 Å². The van der Waals surface area contributed by atoms with Crippen LogP contribution in [-0.2, 0) is 33.2 Å². The molecule has 0 aromatic carbocycles. The van der Waals surface area contributed by atoms with E-state index in [0.717, 1.165) is 5.33 Å². The molecule has 0 rings (SSSR count). The Kier molecular flexibility index (Phi) is 20.7. The lowest BCUT2D eigenvalue weighted by atomic mass is 10.6. The van der Waals surface area contributed by atoms with E-state index in [1.807, 2.05) is 0 Å². The molecule has 0 aromatic heterocycles. The summed E-state index contributed by atoms with van der Waals surface area (Å²) in [6.45, 7) is 3.97. The third-order valence-corrected chi connectivity index (χ3v) is 3.04. The van der Waals surface area contributed by atoms with E-state index < -0.39 is 12.8 Å². The normalized spacial score (nSPS) is 12.0. The number of alkyl halides is 4. The summed E-state index contributed by atoms with van der Waals surface area (Å²) in [6, 6.07) is 0. The van der Waals surface area contributed by atoms with Gasteiger partial charge in [-0.05, 0) is 0 Å². The Labute approximate surface area is 166 Å². The Morgan fingerprint density at radius 3 is 0.963 bits per heavy atom. The zero-order chi connectivity index (χ0) is 20.1. The zero-order valence-electron chi connectivity index (χ0n) is 15.5. The van der Waals surface area contributed by atoms with E-state index in [2.05, 4.69) is 20.7 Å². The van der Waals surface area contributed by atoms with Gasteiger partial charge in [-0.15, -0.1) is 0 Å². The largest absolute Gasteiger partial charge is 0.411 e. The average molecular weight is 471 g/mol. The molecule has 0 fully saturated rings. The molecule has 0 aliphatic heterocycles. The Morgan fingerprint density at radius 1 is 0.444 bits per heavy atom. The van der Waals surface area contributed by atoms with Crippen LogP contribution >= 0.6 is 15.9 Å². The highest BCUT2D eigenvalue weighted by Crippen LogP contribution is 2.13. The van der Waals surface area contributed by atoms with Crippen LogP contribution in [0.25, 0.3) is 0 Å². The molecule has 0 aromatic rings. The minimum Gasteiger partial charge on any atom is -0.378 e. The van der Waals surface area contributed by atoms with E-state index in [-0.39, 0.29) is 13.2 Å². The van der Waals surface area contributed by atoms with Crippen molar-refractivity contribution in [1.29, 1.82) is 0 Å². The SMILES string of the molecule is FC(F)(F)COCCOCCOCCOCCOCCOCCOCCBr. The lowest BCUT2D eigenvalue weighted by Gasteiger charge is -2.09. The van der Waals surface area contributed by atoms with Gasteiger partial charge in [0, 0.05) is 5.33 Å². The third kappa shape index (κ3) is 26.0. The molecule has 0 N–H and O–H groups in total. The van der Waals surface area contributed by atoms with Crippen LogP contribution < -0.4 is 0 Å². The lowest BCUT2D eigenvalue weighted by molar-refractivity contribution is -0.176. The summed E-state index contributed by atoms with van der Waals surface area (Å²) in [6.07, 6.45) is -4.30. The van der Waals surface area contributed by atoms with Gasteiger partial charge in [0.2, 0.25) is 0 Å². The van der Waals surface area contributed by atoms with Gasteiger partial charge in [-0.1, -0.05) is 15.9 Å². The summed E-state index contributed by atoms with van der Waals surface area (Å²) >= 11 is 3.27. The minimum atomic E-state index is -4.30. The van der Waals surface area contributed by atoms with Crippen LogP contribution in [-0.4, -0.2) is 104 Å². The molecule has 0 amide bonds. The number of hydrogen-bond acceptors (Lipinski definition) is 7. The summed E-state index contributed by atoms with van der Waals surface area (Å²) < 4.78 is 71.2. The van der Waals surface area contributed by atoms with Crippen LogP contribution in [0.2, 0.25) is 0 Å². The van der Waals surface area contributed by atoms with E-state index in [0.29, 0.717) is 72.7 Å². The summed E-state index contributed by atoms with van der Waals surface area (Å²) in [5.41, 5.74) is 0. The molecule has 0 unspecified atom stereocenters. The zero-order valence-corrected chi connectivity index (χ0v) is 17.1. The number of hydrogen-bond donors (Lipinski definition) is 0. The molecule has 7 nitrogen and oxygen atoms in total. The van der Waals surface area contributed by atoms with Gasteiger partial charge in [0.1, 0.15) is 6.61 Å². The molecule has 0 saturated heterocycles. The van der Waals surface area contributed by atoms with Crippen molar-refractivity contribution in [2.45, 2.75) is 6.18 Å². The van der Waals surface area contributed by atoms with Crippen molar-refractivity contribution >= 4 is 15.9 Å². The Balaban J connectivity index is 3.01. The quantitative estimate of drug-likeness (QED) is 0.188. The van der Waals surface area contributed by atoms with E-state index in [1.54, 1.807) is 0 Å². The molecule has 0 spiro atoms. The predicted octanol–water partition coefficient (Wildman–Crippen LogP) is 2.06. The highest BCUT2D eigenvalue weighted by atomic mass is 79.9. The van der Waals surface area contributed by atoms with Crippen LogP contribution in [0, 0.1) is 0 Å². The molecule has 11 heteroatoms. The monoisotopic (exact) mass is 470 g/mol. The fourth-order valence-electron chi connectivity index (χ4n) is 1.56. The fourth-order valence-corrected chi connectivity index (χ4v) is 1.79. The van der Waals surface area contributed by atoms with Crippen molar-refractivity contribution in [3.8, 4) is 0 Å². The maximum Gasteiger partial charge on any atom is 0.411 e.